The molecule has 6 nitrogen and oxygen atoms in total. The van der Waals surface area contributed by atoms with Crippen molar-refractivity contribution in [2.24, 2.45) is 0 Å². The smallest absolute Gasteiger partial charge is 0.254 e. The van der Waals surface area contributed by atoms with Gasteiger partial charge < -0.3 is 10.2 Å². The zero-order valence-corrected chi connectivity index (χ0v) is 20.5. The summed E-state index contributed by atoms with van der Waals surface area (Å²) in [6.07, 6.45) is 3.04. The number of benzene rings is 2. The Kier molecular flexibility index (Phi) is 7.54. The van der Waals surface area contributed by atoms with Crippen molar-refractivity contribution in [2.45, 2.75) is 52.5 Å². The van der Waals surface area contributed by atoms with Crippen LogP contribution in [0.5, 0.6) is 0 Å². The lowest BCUT2D eigenvalue weighted by Gasteiger charge is -2.32. The summed E-state index contributed by atoms with van der Waals surface area (Å²) in [7, 11) is 0. The number of aryl methyl sites for hydroxylation is 3. The van der Waals surface area contributed by atoms with Crippen LogP contribution in [0.4, 0.5) is 4.39 Å². The van der Waals surface area contributed by atoms with Crippen LogP contribution in [0.1, 0.15) is 62.9 Å². The number of hydrogen-bond donors (Lipinski definition) is 1. The van der Waals surface area contributed by atoms with Crippen molar-refractivity contribution >= 4 is 11.8 Å². The molecule has 1 N–H and O–H groups in total. The Morgan fingerprint density at radius 2 is 1.74 bits per heavy atom. The maximum absolute atomic E-state index is 13.9. The topological polar surface area (TPSA) is 75.2 Å². The Bertz CT molecular complexity index is 1220. The second-order valence-electron chi connectivity index (χ2n) is 9.32. The van der Waals surface area contributed by atoms with E-state index in [0.717, 1.165) is 22.4 Å². The minimum Gasteiger partial charge on any atom is -0.348 e. The van der Waals surface area contributed by atoms with Crippen LogP contribution >= 0.6 is 0 Å². The highest BCUT2D eigenvalue weighted by Crippen LogP contribution is 2.29. The van der Waals surface area contributed by atoms with Gasteiger partial charge in [0.05, 0.1) is 17.7 Å². The zero-order chi connectivity index (χ0) is 24.9. The molecule has 3 aromatic rings. The van der Waals surface area contributed by atoms with Crippen molar-refractivity contribution in [1.29, 1.82) is 0 Å². The number of carbonyl (C=O) groups is 2. The first kappa shape index (κ1) is 24.5. The summed E-state index contributed by atoms with van der Waals surface area (Å²) in [5, 5.41) is 3.01. The number of amides is 2. The van der Waals surface area contributed by atoms with Crippen LogP contribution in [0.2, 0.25) is 0 Å². The molecule has 2 amide bonds. The Balaban J connectivity index is 1.41. The van der Waals surface area contributed by atoms with Gasteiger partial charge in [0.2, 0.25) is 5.91 Å². The molecule has 1 aromatic heterocycles. The predicted octanol–water partition coefficient (Wildman–Crippen LogP) is 4.42. The van der Waals surface area contributed by atoms with Crippen LogP contribution < -0.4 is 5.32 Å². The van der Waals surface area contributed by atoms with E-state index in [4.69, 9.17) is 0 Å². The Hall–Kier alpha value is -3.61. The molecule has 35 heavy (non-hydrogen) atoms. The number of piperidine rings is 1. The van der Waals surface area contributed by atoms with E-state index in [1.165, 1.54) is 6.07 Å². The minimum atomic E-state index is -0.358. The molecule has 7 heteroatoms. The average molecular weight is 475 g/mol. The van der Waals surface area contributed by atoms with Gasteiger partial charge in [-0.2, -0.15) is 0 Å². The van der Waals surface area contributed by atoms with E-state index in [2.05, 4.69) is 33.5 Å². The molecule has 0 aliphatic carbocycles. The van der Waals surface area contributed by atoms with E-state index in [0.29, 0.717) is 49.4 Å². The van der Waals surface area contributed by atoms with E-state index >= 15 is 0 Å². The third kappa shape index (κ3) is 6.10. The summed E-state index contributed by atoms with van der Waals surface area (Å²) in [6.45, 7) is 7.41. The molecule has 2 aromatic carbocycles. The van der Waals surface area contributed by atoms with Gasteiger partial charge in [-0.25, -0.2) is 14.4 Å². The average Bonchev–Trinajstić information content (AvgIpc) is 2.83. The van der Waals surface area contributed by atoms with Crippen molar-refractivity contribution < 1.29 is 14.0 Å². The lowest BCUT2D eigenvalue weighted by atomic mass is 9.90. The van der Waals surface area contributed by atoms with Crippen LogP contribution in [-0.2, 0) is 17.8 Å². The molecule has 2 heterocycles. The van der Waals surface area contributed by atoms with Crippen LogP contribution in [0.15, 0.2) is 48.7 Å². The van der Waals surface area contributed by atoms with Crippen molar-refractivity contribution in [3.8, 4) is 0 Å². The summed E-state index contributed by atoms with van der Waals surface area (Å²) >= 11 is 0. The third-order valence-corrected chi connectivity index (χ3v) is 6.45. The maximum Gasteiger partial charge on any atom is 0.254 e. The Morgan fingerprint density at radius 3 is 2.43 bits per heavy atom. The van der Waals surface area contributed by atoms with Gasteiger partial charge >= 0.3 is 0 Å². The third-order valence-electron chi connectivity index (χ3n) is 6.45. The monoisotopic (exact) mass is 474 g/mol. The van der Waals surface area contributed by atoms with Gasteiger partial charge in [0.1, 0.15) is 11.6 Å². The van der Waals surface area contributed by atoms with Crippen LogP contribution in [0, 0.1) is 26.6 Å². The first-order chi connectivity index (χ1) is 16.8. The van der Waals surface area contributed by atoms with E-state index in [-0.39, 0.29) is 30.0 Å². The molecule has 1 aliphatic heterocycles. The normalized spacial score (nSPS) is 14.1. The van der Waals surface area contributed by atoms with Gasteiger partial charge in [0.25, 0.3) is 5.91 Å². The molecular weight excluding hydrogens is 443 g/mol. The fraction of sp³-hybridized carbons (Fsp3) is 0.357. The zero-order valence-electron chi connectivity index (χ0n) is 20.5. The highest BCUT2D eigenvalue weighted by Gasteiger charge is 2.28. The van der Waals surface area contributed by atoms with Crippen molar-refractivity contribution in [2.75, 3.05) is 13.1 Å². The van der Waals surface area contributed by atoms with E-state index in [1.54, 1.807) is 29.3 Å². The fourth-order valence-corrected chi connectivity index (χ4v) is 4.74. The maximum atomic E-state index is 13.9. The van der Waals surface area contributed by atoms with Gasteiger partial charge in [-0.05, 0) is 50.8 Å². The second-order valence-corrected chi connectivity index (χ2v) is 9.32. The lowest BCUT2D eigenvalue weighted by molar-refractivity contribution is -0.131. The van der Waals surface area contributed by atoms with Gasteiger partial charge in [-0.1, -0.05) is 47.5 Å². The highest BCUT2D eigenvalue weighted by atomic mass is 19.1. The molecule has 0 saturated carbocycles. The molecule has 1 saturated heterocycles. The molecule has 0 bridgehead atoms. The molecular formula is C28H31FN4O2. The number of nitrogens with one attached hydrogen (secondary N) is 1. The van der Waals surface area contributed by atoms with Crippen molar-refractivity contribution in [3.05, 3.63) is 93.8 Å². The largest absolute Gasteiger partial charge is 0.348 e. The SMILES string of the molecule is Cc1cc(C)cc(CNC(=O)c2cnc(C)nc2C2CCN(C(=O)Cc3ccccc3F)CC2)c1. The number of aromatic nitrogens is 2. The van der Waals surface area contributed by atoms with Crippen LogP contribution in [0.25, 0.3) is 0 Å². The standard InChI is InChI=1S/C28H31FN4O2/c1-18-12-19(2)14-21(13-18)16-31-28(35)24-17-30-20(3)32-27(24)22-8-10-33(11-9-22)26(34)15-23-6-4-5-7-25(23)29/h4-7,12-14,17,22H,8-11,15-16H2,1-3H3,(H,31,35). The summed E-state index contributed by atoms with van der Waals surface area (Å²) in [6, 6.07) is 12.6. The Labute approximate surface area is 205 Å². The van der Waals surface area contributed by atoms with Crippen molar-refractivity contribution in [1.82, 2.24) is 20.2 Å². The number of rotatable bonds is 6. The van der Waals surface area contributed by atoms with E-state index in [1.807, 2.05) is 20.8 Å². The Morgan fingerprint density at radius 1 is 1.06 bits per heavy atom. The highest BCUT2D eigenvalue weighted by molar-refractivity contribution is 5.95. The molecule has 0 spiro atoms. The molecule has 4 rings (SSSR count). The van der Waals surface area contributed by atoms with Gasteiger partial charge in [-0.15, -0.1) is 0 Å². The number of hydrogen-bond acceptors (Lipinski definition) is 4. The first-order valence-corrected chi connectivity index (χ1v) is 12.0. The molecule has 1 fully saturated rings. The van der Waals surface area contributed by atoms with Crippen LogP contribution in [0.3, 0.4) is 0 Å². The molecule has 0 radical (unpaired) electrons. The van der Waals surface area contributed by atoms with E-state index < -0.39 is 0 Å². The summed E-state index contributed by atoms with van der Waals surface area (Å²) in [5.74, 6) is 0.0276. The number of nitrogens with zero attached hydrogens (tertiary/aromatic N) is 3. The predicted molar refractivity (Wildman–Crippen MR) is 133 cm³/mol. The van der Waals surface area contributed by atoms with Gasteiger partial charge in [-0.3, -0.25) is 9.59 Å². The molecule has 1 aliphatic rings. The molecule has 0 atom stereocenters. The number of halogens is 1. The number of carbonyl (C=O) groups excluding carboxylic acids is 2. The molecule has 182 valence electrons. The van der Waals surface area contributed by atoms with Gasteiger partial charge in [0, 0.05) is 31.7 Å². The summed E-state index contributed by atoms with van der Waals surface area (Å²) in [4.78, 5) is 36.5. The van der Waals surface area contributed by atoms with Gasteiger partial charge in [0.15, 0.2) is 0 Å². The summed E-state index contributed by atoms with van der Waals surface area (Å²) in [5.41, 5.74) is 4.99. The van der Waals surface area contributed by atoms with Crippen molar-refractivity contribution in [3.63, 3.8) is 0 Å². The minimum absolute atomic E-state index is 0.0516. The first-order valence-electron chi connectivity index (χ1n) is 12.0. The fourth-order valence-electron chi connectivity index (χ4n) is 4.74. The molecule has 0 unspecified atom stereocenters. The lowest BCUT2D eigenvalue weighted by Crippen LogP contribution is -2.39. The number of likely N-dealkylation sites (tertiary alicyclic amines) is 1. The quantitative estimate of drug-likeness (QED) is 0.574. The van der Waals surface area contributed by atoms with E-state index in [9.17, 15) is 14.0 Å². The van der Waals surface area contributed by atoms with Crippen LogP contribution in [-0.4, -0.2) is 39.8 Å². The summed E-state index contributed by atoms with van der Waals surface area (Å²) < 4.78 is 13.9. The second kappa shape index (κ2) is 10.8.